The summed E-state index contributed by atoms with van der Waals surface area (Å²) in [6.45, 7) is 11.1. The van der Waals surface area contributed by atoms with Crippen molar-refractivity contribution >= 4 is 0 Å². The Labute approximate surface area is 120 Å². The molecule has 1 saturated heterocycles. The fraction of sp³-hybridized carbons (Fsp3) is 1.00. The van der Waals surface area contributed by atoms with Gasteiger partial charge in [0.15, 0.2) is 0 Å². The topological polar surface area (TPSA) is 15.3 Å². The molecule has 0 bridgehead atoms. The Hall–Kier alpha value is -0.0800. The van der Waals surface area contributed by atoms with Crippen LogP contribution in [0.5, 0.6) is 0 Å². The summed E-state index contributed by atoms with van der Waals surface area (Å²) in [5.41, 5.74) is 0. The summed E-state index contributed by atoms with van der Waals surface area (Å²) in [7, 11) is 0. The molecule has 0 spiro atoms. The van der Waals surface area contributed by atoms with Gasteiger partial charge in [0.25, 0.3) is 0 Å². The number of unbranched alkanes of at least 4 members (excludes halogenated alkanes) is 1. The Morgan fingerprint density at radius 1 is 1.05 bits per heavy atom. The van der Waals surface area contributed by atoms with Crippen LogP contribution in [0.3, 0.4) is 0 Å². The van der Waals surface area contributed by atoms with Crippen molar-refractivity contribution in [1.29, 1.82) is 0 Å². The Kier molecular flexibility index (Phi) is 6.15. The molecular formula is C17H34N2. The van der Waals surface area contributed by atoms with Crippen molar-refractivity contribution in [3.8, 4) is 0 Å². The summed E-state index contributed by atoms with van der Waals surface area (Å²) in [6, 6.07) is 1.58. The molecule has 0 aromatic heterocycles. The van der Waals surface area contributed by atoms with Crippen LogP contribution in [-0.2, 0) is 0 Å². The highest BCUT2D eigenvalue weighted by atomic mass is 15.1. The van der Waals surface area contributed by atoms with Gasteiger partial charge in [0, 0.05) is 12.1 Å². The number of nitrogens with zero attached hydrogens (tertiary/aromatic N) is 1. The van der Waals surface area contributed by atoms with Crippen molar-refractivity contribution in [2.75, 3.05) is 19.6 Å². The molecule has 2 heteroatoms. The molecule has 0 radical (unpaired) electrons. The summed E-state index contributed by atoms with van der Waals surface area (Å²) >= 11 is 0. The van der Waals surface area contributed by atoms with Gasteiger partial charge in [-0.15, -0.1) is 0 Å². The second-order valence-electron chi connectivity index (χ2n) is 7.01. The van der Waals surface area contributed by atoms with E-state index in [1.807, 2.05) is 0 Å². The van der Waals surface area contributed by atoms with E-state index in [0.717, 1.165) is 23.9 Å². The van der Waals surface area contributed by atoms with Crippen LogP contribution in [0.2, 0.25) is 0 Å². The first-order valence-corrected chi connectivity index (χ1v) is 8.69. The summed E-state index contributed by atoms with van der Waals surface area (Å²) in [6.07, 6.45) is 9.70. The molecule has 1 heterocycles. The Bertz CT molecular complexity index is 246. The number of likely N-dealkylation sites (tertiary alicyclic amines) is 1. The van der Waals surface area contributed by atoms with Crippen LogP contribution >= 0.6 is 0 Å². The summed E-state index contributed by atoms with van der Waals surface area (Å²) in [5, 5.41) is 3.99. The maximum absolute atomic E-state index is 3.99. The third-order valence-corrected chi connectivity index (χ3v) is 5.57. The first kappa shape index (κ1) is 15.3. The van der Waals surface area contributed by atoms with Crippen molar-refractivity contribution in [2.45, 2.75) is 77.8 Å². The van der Waals surface area contributed by atoms with E-state index in [2.05, 4.69) is 31.0 Å². The lowest BCUT2D eigenvalue weighted by Gasteiger charge is -2.40. The monoisotopic (exact) mass is 266 g/mol. The van der Waals surface area contributed by atoms with E-state index in [0.29, 0.717) is 0 Å². The van der Waals surface area contributed by atoms with E-state index in [9.17, 15) is 0 Å². The van der Waals surface area contributed by atoms with Crippen molar-refractivity contribution in [3.63, 3.8) is 0 Å². The number of piperidine rings is 1. The third kappa shape index (κ3) is 4.46. The fourth-order valence-electron chi connectivity index (χ4n) is 3.82. The second kappa shape index (κ2) is 7.64. The molecule has 1 saturated carbocycles. The van der Waals surface area contributed by atoms with Crippen LogP contribution in [0.25, 0.3) is 0 Å². The van der Waals surface area contributed by atoms with Crippen LogP contribution in [0.15, 0.2) is 0 Å². The maximum atomic E-state index is 3.99. The molecule has 19 heavy (non-hydrogen) atoms. The lowest BCUT2D eigenvalue weighted by atomic mass is 9.77. The Balaban J connectivity index is 1.70. The van der Waals surface area contributed by atoms with E-state index < -0.39 is 0 Å². The van der Waals surface area contributed by atoms with Crippen LogP contribution < -0.4 is 5.32 Å². The first-order valence-electron chi connectivity index (χ1n) is 8.69. The molecule has 2 nitrogen and oxygen atoms in total. The van der Waals surface area contributed by atoms with Gasteiger partial charge in [0.05, 0.1) is 0 Å². The second-order valence-corrected chi connectivity index (χ2v) is 7.01. The fourth-order valence-corrected chi connectivity index (χ4v) is 3.82. The van der Waals surface area contributed by atoms with Crippen molar-refractivity contribution in [1.82, 2.24) is 10.2 Å². The summed E-state index contributed by atoms with van der Waals surface area (Å²) in [5.74, 6) is 1.78. The average Bonchev–Trinajstić information content (AvgIpc) is 2.43. The zero-order chi connectivity index (χ0) is 13.7. The SMILES string of the molecule is CCCCN1CCC(NC2CCCC(C)C2C)CC1. The average molecular weight is 266 g/mol. The minimum atomic E-state index is 0.788. The van der Waals surface area contributed by atoms with Gasteiger partial charge >= 0.3 is 0 Å². The minimum Gasteiger partial charge on any atom is -0.311 e. The van der Waals surface area contributed by atoms with E-state index in [-0.39, 0.29) is 0 Å². The molecule has 0 aromatic rings. The van der Waals surface area contributed by atoms with E-state index >= 15 is 0 Å². The van der Waals surface area contributed by atoms with Crippen LogP contribution in [0, 0.1) is 11.8 Å². The van der Waals surface area contributed by atoms with Crippen molar-refractivity contribution in [2.24, 2.45) is 11.8 Å². The number of rotatable bonds is 5. The Morgan fingerprint density at radius 2 is 1.79 bits per heavy atom. The molecule has 2 rings (SSSR count). The van der Waals surface area contributed by atoms with Crippen molar-refractivity contribution in [3.05, 3.63) is 0 Å². The highest BCUT2D eigenvalue weighted by Gasteiger charge is 2.29. The predicted octanol–water partition coefficient (Wildman–Crippen LogP) is 3.67. The van der Waals surface area contributed by atoms with Gasteiger partial charge in [-0.25, -0.2) is 0 Å². The standard InChI is InChI=1S/C17H34N2/c1-4-5-11-19-12-9-16(10-13-19)18-17-8-6-7-14(2)15(17)3/h14-18H,4-13H2,1-3H3. The molecule has 0 aromatic carbocycles. The number of hydrogen-bond acceptors (Lipinski definition) is 2. The van der Waals surface area contributed by atoms with Gasteiger partial charge in [-0.05, 0) is 57.2 Å². The normalized spacial score (nSPS) is 34.6. The molecule has 1 aliphatic carbocycles. The molecule has 2 aliphatic rings. The van der Waals surface area contributed by atoms with E-state index in [1.54, 1.807) is 0 Å². The van der Waals surface area contributed by atoms with Gasteiger partial charge in [0.2, 0.25) is 0 Å². The van der Waals surface area contributed by atoms with Gasteiger partial charge in [-0.1, -0.05) is 40.0 Å². The van der Waals surface area contributed by atoms with Gasteiger partial charge in [-0.3, -0.25) is 0 Å². The maximum Gasteiger partial charge on any atom is 0.00978 e. The predicted molar refractivity (Wildman–Crippen MR) is 83.5 cm³/mol. The minimum absolute atomic E-state index is 0.788. The quantitative estimate of drug-likeness (QED) is 0.817. The molecule has 112 valence electrons. The van der Waals surface area contributed by atoms with Gasteiger partial charge < -0.3 is 10.2 Å². The van der Waals surface area contributed by atoms with E-state index in [1.165, 1.54) is 64.6 Å². The number of hydrogen-bond donors (Lipinski definition) is 1. The summed E-state index contributed by atoms with van der Waals surface area (Å²) < 4.78 is 0. The summed E-state index contributed by atoms with van der Waals surface area (Å²) in [4.78, 5) is 2.66. The lowest BCUT2D eigenvalue weighted by molar-refractivity contribution is 0.150. The smallest absolute Gasteiger partial charge is 0.00978 e. The van der Waals surface area contributed by atoms with Crippen LogP contribution in [0.4, 0.5) is 0 Å². The highest BCUT2D eigenvalue weighted by molar-refractivity contribution is 4.87. The van der Waals surface area contributed by atoms with Crippen LogP contribution in [-0.4, -0.2) is 36.6 Å². The molecule has 1 N–H and O–H groups in total. The van der Waals surface area contributed by atoms with Crippen molar-refractivity contribution < 1.29 is 0 Å². The molecule has 3 unspecified atom stereocenters. The Morgan fingerprint density at radius 3 is 2.47 bits per heavy atom. The van der Waals surface area contributed by atoms with Crippen LogP contribution in [0.1, 0.15) is 65.7 Å². The van der Waals surface area contributed by atoms with E-state index in [4.69, 9.17) is 0 Å². The molecule has 0 amide bonds. The first-order chi connectivity index (χ1) is 9.20. The molecule has 1 aliphatic heterocycles. The molecule has 2 fully saturated rings. The van der Waals surface area contributed by atoms with Gasteiger partial charge in [-0.2, -0.15) is 0 Å². The lowest BCUT2D eigenvalue weighted by Crippen LogP contribution is -2.50. The van der Waals surface area contributed by atoms with Gasteiger partial charge in [0.1, 0.15) is 0 Å². The highest BCUT2D eigenvalue weighted by Crippen LogP contribution is 2.30. The zero-order valence-corrected chi connectivity index (χ0v) is 13.3. The molecular weight excluding hydrogens is 232 g/mol. The largest absolute Gasteiger partial charge is 0.311 e. The number of nitrogens with one attached hydrogen (secondary N) is 1. The third-order valence-electron chi connectivity index (χ3n) is 5.57. The zero-order valence-electron chi connectivity index (χ0n) is 13.3. The molecule has 3 atom stereocenters.